The molecule has 4 aliphatic heterocycles. The Morgan fingerprint density at radius 1 is 0.410 bits per heavy atom. The number of aromatic nitrogens is 2. The third-order valence-electron chi connectivity index (χ3n) is 17.1. The van der Waals surface area contributed by atoms with Gasteiger partial charge in [0.05, 0.1) is 39.5 Å². The van der Waals surface area contributed by atoms with Gasteiger partial charge in [-0.2, -0.15) is 0 Å². The summed E-state index contributed by atoms with van der Waals surface area (Å²) in [5, 5.41) is 0. The fraction of sp³-hybridized carbons (Fsp3) is 0.310. The molecule has 6 nitrogen and oxygen atoms in total. The Bertz CT molecular complexity index is 3810. The van der Waals surface area contributed by atoms with Crippen molar-refractivity contribution in [2.45, 2.75) is 144 Å². The van der Waals surface area contributed by atoms with Crippen LogP contribution in [0.25, 0.3) is 39.2 Å². The van der Waals surface area contributed by atoms with E-state index in [9.17, 15) is 0 Å². The van der Waals surface area contributed by atoms with Gasteiger partial charge >= 0.3 is 0 Å². The SMILES string of the molecule is CC(C)c1cccc(C(C)C)c1-n1c(-c2cccc(-c3cc4c5c(c3)N3c6ccc(C(C)(C)C)cc6Oc6cc(C(C)(C)C)cc(c63)B5c3cc(C(C)(C)C)cc5c3N4c3ccc(C(C)(C)C)cc3O5)c2)nc2ccccc21. The molecule has 0 spiro atoms. The van der Waals surface area contributed by atoms with Gasteiger partial charge in [0.2, 0.25) is 0 Å². The Kier molecular flexibility index (Phi) is 10.9. The molecule has 0 saturated heterocycles. The summed E-state index contributed by atoms with van der Waals surface area (Å²) >= 11 is 0. The standard InChI is InChI=1S/C71H73BN4O2/c1-40(2)49-23-20-24-50(41(3)4)64(49)76-54-26-18-17-25-53(54)73-67(76)43-22-19-21-42(31-43)44-32-57-63-58(33-44)75-56-30-28-46(69(8,9)10)37-60(56)78-62-39-48(71(14,15)16)35-52(66(62)75)72(63)51-34-47(70(11,12)13)38-61-65(51)74(57)55-29-27-45(68(5,6)7)36-59(55)77-61/h17-41H,1-16H3. The largest absolute Gasteiger partial charge is 0.453 e. The number of anilines is 6. The minimum absolute atomic E-state index is 0.0787. The Balaban J connectivity index is 1.13. The number of para-hydroxylation sites is 3. The molecule has 0 saturated carbocycles. The quantitative estimate of drug-likeness (QED) is 0.161. The molecule has 7 heteroatoms. The van der Waals surface area contributed by atoms with Crippen molar-refractivity contribution in [3.63, 3.8) is 0 Å². The Hall–Kier alpha value is -7.51. The molecule has 9 aromatic rings. The number of imidazole rings is 1. The van der Waals surface area contributed by atoms with Gasteiger partial charge in [-0.3, -0.25) is 4.57 Å². The van der Waals surface area contributed by atoms with Crippen molar-refractivity contribution < 1.29 is 9.47 Å². The minimum Gasteiger partial charge on any atom is -0.453 e. The van der Waals surface area contributed by atoms with Crippen LogP contribution < -0.4 is 35.7 Å². The van der Waals surface area contributed by atoms with E-state index >= 15 is 0 Å². The minimum atomic E-state index is -0.154. The molecule has 8 aromatic carbocycles. The highest BCUT2D eigenvalue weighted by Gasteiger charge is 2.49. The topological polar surface area (TPSA) is 42.8 Å². The zero-order chi connectivity index (χ0) is 54.9. The zero-order valence-electron chi connectivity index (χ0n) is 48.6. The first-order chi connectivity index (χ1) is 36.8. The van der Waals surface area contributed by atoms with Crippen molar-refractivity contribution in [1.29, 1.82) is 0 Å². The van der Waals surface area contributed by atoms with E-state index in [-0.39, 0.29) is 28.4 Å². The second-order valence-electron chi connectivity index (χ2n) is 27.4. The Labute approximate surface area is 463 Å². The summed E-state index contributed by atoms with van der Waals surface area (Å²) in [6.07, 6.45) is 0. The Morgan fingerprint density at radius 2 is 0.872 bits per heavy atom. The normalized spacial score (nSPS) is 14.3. The molecule has 13 rings (SSSR count). The summed E-state index contributed by atoms with van der Waals surface area (Å²) < 4.78 is 17.0. The molecule has 5 heterocycles. The number of nitrogens with zero attached hydrogens (tertiary/aromatic N) is 4. The molecular formula is C71H73BN4O2. The van der Waals surface area contributed by atoms with Gasteiger partial charge in [0.1, 0.15) is 5.82 Å². The van der Waals surface area contributed by atoms with Crippen molar-refractivity contribution in [3.05, 3.63) is 173 Å². The van der Waals surface area contributed by atoms with Crippen molar-refractivity contribution in [1.82, 2.24) is 9.55 Å². The van der Waals surface area contributed by atoms with Gasteiger partial charge in [-0.1, -0.05) is 184 Å². The van der Waals surface area contributed by atoms with E-state index in [1.807, 2.05) is 0 Å². The van der Waals surface area contributed by atoms with Crippen LogP contribution in [0, 0.1) is 0 Å². The molecule has 1 aromatic heterocycles. The number of ether oxygens (including phenoxy) is 2. The van der Waals surface area contributed by atoms with E-state index in [1.165, 1.54) is 55.5 Å². The summed E-state index contributed by atoms with van der Waals surface area (Å²) in [5.74, 6) is 5.06. The van der Waals surface area contributed by atoms with Gasteiger partial charge in [0.25, 0.3) is 6.71 Å². The van der Waals surface area contributed by atoms with Crippen LogP contribution in [0.5, 0.6) is 23.0 Å². The molecule has 78 heavy (non-hydrogen) atoms. The lowest BCUT2D eigenvalue weighted by Crippen LogP contribution is -2.62. The predicted molar refractivity (Wildman–Crippen MR) is 329 cm³/mol. The highest BCUT2D eigenvalue weighted by Crippen LogP contribution is 2.58. The molecule has 0 radical (unpaired) electrons. The van der Waals surface area contributed by atoms with Crippen molar-refractivity contribution in [3.8, 4) is 51.2 Å². The summed E-state index contributed by atoms with van der Waals surface area (Å²) in [7, 11) is 0. The number of benzene rings is 8. The van der Waals surface area contributed by atoms with Gasteiger partial charge in [0.15, 0.2) is 23.0 Å². The van der Waals surface area contributed by atoms with Crippen LogP contribution in [0.4, 0.5) is 34.1 Å². The van der Waals surface area contributed by atoms with E-state index < -0.39 is 0 Å². The number of rotatable bonds is 5. The lowest BCUT2D eigenvalue weighted by molar-refractivity contribution is 0.469. The average molecular weight is 1030 g/mol. The maximum atomic E-state index is 7.29. The Morgan fingerprint density at radius 3 is 1.36 bits per heavy atom. The molecule has 392 valence electrons. The first-order valence-corrected chi connectivity index (χ1v) is 28.4. The monoisotopic (exact) mass is 1020 g/mol. The maximum Gasteiger partial charge on any atom is 0.252 e. The maximum absolute atomic E-state index is 7.29. The first-order valence-electron chi connectivity index (χ1n) is 28.4. The second-order valence-corrected chi connectivity index (χ2v) is 27.4. The molecule has 0 amide bonds. The molecule has 0 bridgehead atoms. The van der Waals surface area contributed by atoms with E-state index in [2.05, 4.69) is 265 Å². The van der Waals surface area contributed by atoms with Gasteiger partial charge in [-0.05, 0) is 161 Å². The summed E-state index contributed by atoms with van der Waals surface area (Å²) in [6.45, 7) is 36.7. The molecule has 4 aliphatic rings. The highest BCUT2D eigenvalue weighted by molar-refractivity contribution is 7.00. The van der Waals surface area contributed by atoms with E-state index in [4.69, 9.17) is 14.5 Å². The van der Waals surface area contributed by atoms with Crippen molar-refractivity contribution >= 4 is 68.3 Å². The van der Waals surface area contributed by atoms with Crippen LogP contribution in [0.3, 0.4) is 0 Å². The van der Waals surface area contributed by atoms with Crippen LogP contribution >= 0.6 is 0 Å². The van der Waals surface area contributed by atoms with Crippen molar-refractivity contribution in [2.24, 2.45) is 0 Å². The smallest absolute Gasteiger partial charge is 0.252 e. The predicted octanol–water partition coefficient (Wildman–Crippen LogP) is 18.1. The molecule has 0 fully saturated rings. The molecule has 0 N–H and O–H groups in total. The summed E-state index contributed by atoms with van der Waals surface area (Å²) in [4.78, 5) is 10.6. The zero-order valence-corrected chi connectivity index (χ0v) is 48.6. The first kappa shape index (κ1) is 50.0. The summed E-state index contributed by atoms with van der Waals surface area (Å²) in [5.41, 5.74) is 24.1. The number of hydrogen-bond donors (Lipinski definition) is 0. The fourth-order valence-corrected chi connectivity index (χ4v) is 12.7. The van der Waals surface area contributed by atoms with Gasteiger partial charge < -0.3 is 19.3 Å². The van der Waals surface area contributed by atoms with Crippen LogP contribution in [-0.2, 0) is 21.7 Å². The molecule has 0 atom stereocenters. The third-order valence-corrected chi connectivity index (χ3v) is 17.1. The lowest BCUT2D eigenvalue weighted by atomic mass is 9.33. The average Bonchev–Trinajstić information content (AvgIpc) is 3.22. The van der Waals surface area contributed by atoms with Gasteiger partial charge in [0, 0.05) is 16.9 Å². The lowest BCUT2D eigenvalue weighted by Gasteiger charge is -2.48. The van der Waals surface area contributed by atoms with Crippen molar-refractivity contribution in [2.75, 3.05) is 9.80 Å². The van der Waals surface area contributed by atoms with Crippen LogP contribution in [0.15, 0.2) is 140 Å². The fourth-order valence-electron chi connectivity index (χ4n) is 12.7. The molecule has 0 aliphatic carbocycles. The van der Waals surface area contributed by atoms with Gasteiger partial charge in [-0.15, -0.1) is 0 Å². The van der Waals surface area contributed by atoms with E-state index in [0.29, 0.717) is 11.8 Å². The molecule has 0 unspecified atom stereocenters. The highest BCUT2D eigenvalue weighted by atomic mass is 16.5. The number of hydrogen-bond acceptors (Lipinski definition) is 5. The van der Waals surface area contributed by atoms with Gasteiger partial charge in [-0.25, -0.2) is 4.98 Å². The third kappa shape index (κ3) is 7.69. The molecular weight excluding hydrogens is 952 g/mol. The van der Waals surface area contributed by atoms with Crippen LogP contribution in [0.2, 0.25) is 0 Å². The number of fused-ring (bicyclic) bond motifs is 9. The van der Waals surface area contributed by atoms with Crippen LogP contribution in [-0.4, -0.2) is 16.3 Å². The van der Waals surface area contributed by atoms with E-state index in [1.54, 1.807) is 0 Å². The summed E-state index contributed by atoms with van der Waals surface area (Å²) in [6, 6.07) is 52.9. The second kappa shape index (κ2) is 17.0. The van der Waals surface area contributed by atoms with Crippen LogP contribution in [0.1, 0.15) is 156 Å². The van der Waals surface area contributed by atoms with E-state index in [0.717, 1.165) is 90.7 Å².